The van der Waals surface area contributed by atoms with E-state index in [0.29, 0.717) is 24.5 Å². The highest BCUT2D eigenvalue weighted by atomic mass is 16.5. The molecule has 4 atom stereocenters. The molecule has 0 aromatic rings. The monoisotopic (exact) mass is 320 g/mol. The summed E-state index contributed by atoms with van der Waals surface area (Å²) in [6.07, 6.45) is 5.07. The zero-order valence-corrected chi connectivity index (χ0v) is 15.4. The summed E-state index contributed by atoms with van der Waals surface area (Å²) in [5, 5.41) is 0. The van der Waals surface area contributed by atoms with E-state index in [2.05, 4.69) is 13.5 Å². The predicted octanol–water partition coefficient (Wildman–Crippen LogP) is 4.70. The molecule has 3 heteroatoms. The molecule has 2 fully saturated rings. The number of rotatable bonds is 2. The Labute approximate surface area is 140 Å². The Kier molecular flexibility index (Phi) is 5.08. The van der Waals surface area contributed by atoms with Gasteiger partial charge in [-0.05, 0) is 64.7 Å². The molecule has 0 spiro atoms. The van der Waals surface area contributed by atoms with Crippen molar-refractivity contribution in [3.05, 3.63) is 12.2 Å². The van der Waals surface area contributed by atoms with Crippen LogP contribution in [0.5, 0.6) is 0 Å². The van der Waals surface area contributed by atoms with Gasteiger partial charge in [0.1, 0.15) is 11.9 Å². The van der Waals surface area contributed by atoms with E-state index in [4.69, 9.17) is 4.74 Å². The molecule has 3 nitrogen and oxygen atoms in total. The molecule has 130 valence electrons. The summed E-state index contributed by atoms with van der Waals surface area (Å²) in [6.45, 7) is 14.0. The van der Waals surface area contributed by atoms with Gasteiger partial charge in [0.2, 0.25) is 0 Å². The van der Waals surface area contributed by atoms with Crippen LogP contribution < -0.4 is 0 Å². The Balaban J connectivity index is 2.14. The van der Waals surface area contributed by atoms with Gasteiger partial charge in [0.05, 0.1) is 5.41 Å². The van der Waals surface area contributed by atoms with Crippen molar-refractivity contribution in [1.82, 2.24) is 0 Å². The average Bonchev–Trinajstić information content (AvgIpc) is 2.69. The average molecular weight is 320 g/mol. The molecule has 0 bridgehead atoms. The molecule has 0 unspecified atom stereocenters. The maximum absolute atomic E-state index is 12.5. The number of ether oxygens (including phenoxy) is 1. The summed E-state index contributed by atoms with van der Waals surface area (Å²) < 4.78 is 5.82. The van der Waals surface area contributed by atoms with Crippen LogP contribution in [0.2, 0.25) is 0 Å². The molecule has 2 saturated carbocycles. The molecule has 0 aliphatic heterocycles. The number of carbonyl (C=O) groups excluding carboxylic acids is 2. The van der Waals surface area contributed by atoms with E-state index in [0.717, 1.165) is 31.3 Å². The first-order valence-electron chi connectivity index (χ1n) is 8.91. The number of ketones is 1. The lowest BCUT2D eigenvalue weighted by molar-refractivity contribution is -0.162. The number of Topliss-reactive ketones (excluding diaryl/α,β-unsaturated/α-hetero) is 1. The zero-order chi connectivity index (χ0) is 17.4. The maximum Gasteiger partial charge on any atom is 0.311 e. The number of carbonyl (C=O) groups is 2. The third-order valence-electron chi connectivity index (χ3n) is 5.90. The van der Waals surface area contributed by atoms with Crippen LogP contribution >= 0.6 is 0 Å². The van der Waals surface area contributed by atoms with Crippen LogP contribution in [0, 0.1) is 22.7 Å². The molecule has 0 aromatic heterocycles. The normalized spacial score (nSPS) is 35.2. The summed E-state index contributed by atoms with van der Waals surface area (Å²) in [4.78, 5) is 24.7. The van der Waals surface area contributed by atoms with Crippen LogP contribution in [0.25, 0.3) is 0 Å². The molecule has 0 saturated heterocycles. The van der Waals surface area contributed by atoms with E-state index in [1.54, 1.807) is 0 Å². The third-order valence-corrected chi connectivity index (χ3v) is 5.90. The first kappa shape index (κ1) is 18.2. The fourth-order valence-electron chi connectivity index (χ4n) is 4.08. The maximum atomic E-state index is 12.5. The minimum absolute atomic E-state index is 0.1000. The summed E-state index contributed by atoms with van der Waals surface area (Å²) in [5.41, 5.74) is 0.733. The first-order valence-corrected chi connectivity index (χ1v) is 8.91. The molecule has 0 amide bonds. The molecular formula is C20H32O3. The number of esters is 1. The van der Waals surface area contributed by atoms with Gasteiger partial charge in [-0.25, -0.2) is 0 Å². The van der Waals surface area contributed by atoms with Gasteiger partial charge in [-0.15, -0.1) is 0 Å². The Bertz CT molecular complexity index is 500. The molecule has 2 aliphatic carbocycles. The van der Waals surface area contributed by atoms with Gasteiger partial charge in [-0.2, -0.15) is 0 Å². The number of allylic oxidation sites excluding steroid dienone is 1. The topological polar surface area (TPSA) is 43.4 Å². The van der Waals surface area contributed by atoms with Gasteiger partial charge in [0.25, 0.3) is 0 Å². The van der Waals surface area contributed by atoms with Crippen molar-refractivity contribution in [1.29, 1.82) is 0 Å². The van der Waals surface area contributed by atoms with Gasteiger partial charge in [0.15, 0.2) is 0 Å². The fourth-order valence-corrected chi connectivity index (χ4v) is 4.08. The first-order chi connectivity index (χ1) is 10.5. The summed E-state index contributed by atoms with van der Waals surface area (Å²) in [7, 11) is 0. The predicted molar refractivity (Wildman–Crippen MR) is 91.9 cm³/mol. The van der Waals surface area contributed by atoms with Crippen molar-refractivity contribution in [2.75, 3.05) is 0 Å². The smallest absolute Gasteiger partial charge is 0.311 e. The molecule has 0 heterocycles. The van der Waals surface area contributed by atoms with E-state index < -0.39 is 5.41 Å². The van der Waals surface area contributed by atoms with Crippen molar-refractivity contribution in [3.8, 4) is 0 Å². The minimum atomic E-state index is -0.490. The largest absolute Gasteiger partial charge is 0.462 e. The highest BCUT2D eigenvalue weighted by Gasteiger charge is 2.49. The lowest BCUT2D eigenvalue weighted by Crippen LogP contribution is -2.37. The van der Waals surface area contributed by atoms with Crippen molar-refractivity contribution in [2.45, 2.75) is 79.2 Å². The third kappa shape index (κ3) is 4.05. The highest BCUT2D eigenvalue weighted by molar-refractivity contribution is 5.80. The fraction of sp³-hybridized carbons (Fsp3) is 0.800. The van der Waals surface area contributed by atoms with Crippen LogP contribution in [0.15, 0.2) is 12.2 Å². The van der Waals surface area contributed by atoms with Crippen LogP contribution in [-0.4, -0.2) is 17.9 Å². The van der Waals surface area contributed by atoms with Gasteiger partial charge in [-0.3, -0.25) is 9.59 Å². The summed E-state index contributed by atoms with van der Waals surface area (Å²) >= 11 is 0. The summed E-state index contributed by atoms with van der Waals surface area (Å²) in [5.74, 6) is 0.637. The van der Waals surface area contributed by atoms with Gasteiger partial charge in [0, 0.05) is 18.8 Å². The highest BCUT2D eigenvalue weighted by Crippen LogP contribution is 2.52. The Morgan fingerprint density at radius 1 is 1.22 bits per heavy atom. The van der Waals surface area contributed by atoms with Crippen molar-refractivity contribution in [3.63, 3.8) is 0 Å². The SMILES string of the molecule is C=C(C)[C@@H]1CC[C@@]2(C)CC[C@@H](OC(=O)C(C)(C)C)[C@H]2CC(=O)C1. The Hall–Kier alpha value is -1.12. The quantitative estimate of drug-likeness (QED) is 0.547. The van der Waals surface area contributed by atoms with Gasteiger partial charge < -0.3 is 4.74 Å². The van der Waals surface area contributed by atoms with E-state index >= 15 is 0 Å². The van der Waals surface area contributed by atoms with E-state index in [1.165, 1.54) is 0 Å². The standard InChI is InChI=1S/C20H32O3/c1-13(2)14-7-9-20(6)10-8-17(16(20)12-15(21)11-14)23-18(22)19(3,4)5/h14,16-17H,1,7-12H2,2-6H3/t14-,16-,17-,20+/m1/s1. The van der Waals surface area contributed by atoms with Crippen LogP contribution in [-0.2, 0) is 14.3 Å². The molecular weight excluding hydrogens is 288 g/mol. The molecule has 23 heavy (non-hydrogen) atoms. The van der Waals surface area contributed by atoms with Gasteiger partial charge >= 0.3 is 5.97 Å². The second-order valence-corrected chi connectivity index (χ2v) is 9.02. The second-order valence-electron chi connectivity index (χ2n) is 9.02. The lowest BCUT2D eigenvalue weighted by atomic mass is 9.68. The van der Waals surface area contributed by atoms with E-state index in [1.807, 2.05) is 27.7 Å². The van der Waals surface area contributed by atoms with E-state index in [9.17, 15) is 9.59 Å². The second kappa shape index (κ2) is 6.41. The lowest BCUT2D eigenvalue weighted by Gasteiger charge is -2.37. The van der Waals surface area contributed by atoms with E-state index in [-0.39, 0.29) is 23.4 Å². The van der Waals surface area contributed by atoms with Crippen molar-refractivity contribution < 1.29 is 14.3 Å². The number of fused-ring (bicyclic) bond motifs is 1. The van der Waals surface area contributed by atoms with Crippen LogP contribution in [0.3, 0.4) is 0 Å². The van der Waals surface area contributed by atoms with Crippen molar-refractivity contribution >= 4 is 11.8 Å². The Morgan fingerprint density at radius 2 is 1.83 bits per heavy atom. The molecule has 2 rings (SSSR count). The van der Waals surface area contributed by atoms with Gasteiger partial charge in [-0.1, -0.05) is 19.1 Å². The Morgan fingerprint density at radius 3 is 2.39 bits per heavy atom. The number of hydrogen-bond donors (Lipinski definition) is 0. The molecule has 0 aromatic carbocycles. The van der Waals surface area contributed by atoms with Crippen molar-refractivity contribution in [2.24, 2.45) is 22.7 Å². The summed E-state index contributed by atoms with van der Waals surface area (Å²) in [6, 6.07) is 0. The zero-order valence-electron chi connectivity index (χ0n) is 15.4. The van der Waals surface area contributed by atoms with Crippen LogP contribution in [0.1, 0.15) is 73.1 Å². The van der Waals surface area contributed by atoms with Crippen LogP contribution in [0.4, 0.5) is 0 Å². The molecule has 2 aliphatic rings. The minimum Gasteiger partial charge on any atom is -0.462 e. The number of hydrogen-bond acceptors (Lipinski definition) is 3. The molecule has 0 N–H and O–H groups in total. The molecule has 0 radical (unpaired) electrons.